The number of carbonyl (C=O) groups is 2. The van der Waals surface area contributed by atoms with Gasteiger partial charge in [0.05, 0.1) is 5.56 Å². The second-order valence-corrected chi connectivity index (χ2v) is 8.35. The number of amides is 1. The Morgan fingerprint density at radius 3 is 2.03 bits per heavy atom. The summed E-state index contributed by atoms with van der Waals surface area (Å²) in [6.45, 7) is 15.0. The molecule has 2 aromatic rings. The number of nitrogens with zero attached hydrogens (tertiary/aromatic N) is 1. The molecule has 0 fully saturated rings. The first-order chi connectivity index (χ1) is 14.1. The number of hydrogen-bond donors (Lipinski definition) is 0. The van der Waals surface area contributed by atoms with Gasteiger partial charge in [0, 0.05) is 13.1 Å². The molecule has 0 N–H and O–H groups in total. The highest BCUT2D eigenvalue weighted by molar-refractivity contribution is 5.91. The van der Waals surface area contributed by atoms with Crippen molar-refractivity contribution in [3.63, 3.8) is 0 Å². The van der Waals surface area contributed by atoms with Crippen LogP contribution in [0.15, 0.2) is 36.4 Å². The molecule has 0 unspecified atom stereocenters. The summed E-state index contributed by atoms with van der Waals surface area (Å²) in [6.07, 6.45) is 0.434. The fraction of sp³-hybridized carbons (Fsp3) is 0.440. The van der Waals surface area contributed by atoms with Gasteiger partial charge in [0.1, 0.15) is 0 Å². The Morgan fingerprint density at radius 2 is 1.53 bits per heavy atom. The lowest BCUT2D eigenvalue weighted by Gasteiger charge is -2.24. The topological polar surface area (TPSA) is 55.8 Å². The molecule has 0 saturated carbocycles. The van der Waals surface area contributed by atoms with E-state index in [4.69, 9.17) is 9.47 Å². The number of carbonyl (C=O) groups excluding carboxylic acids is 2. The molecule has 0 saturated heterocycles. The van der Waals surface area contributed by atoms with Crippen LogP contribution >= 0.6 is 0 Å². The summed E-state index contributed by atoms with van der Waals surface area (Å²) in [5, 5.41) is 0. The molecule has 162 valence electrons. The SMILES string of the molecule is CCc1ccc(C(=O)Oc2c(C)cc(C(C)(C)C)cc2OC(=O)N(CC)CC)cc1. The smallest absolute Gasteiger partial charge is 0.415 e. The molecular weight excluding hydrogens is 378 g/mol. The van der Waals surface area contributed by atoms with E-state index in [9.17, 15) is 9.59 Å². The first-order valence-electron chi connectivity index (χ1n) is 10.5. The van der Waals surface area contributed by atoms with Crippen LogP contribution in [0.2, 0.25) is 0 Å². The highest BCUT2D eigenvalue weighted by Gasteiger charge is 2.24. The molecule has 2 aromatic carbocycles. The predicted octanol–water partition coefficient (Wildman–Crippen LogP) is 5.91. The fourth-order valence-electron chi connectivity index (χ4n) is 3.05. The maximum Gasteiger partial charge on any atom is 0.415 e. The number of esters is 1. The third-order valence-corrected chi connectivity index (χ3v) is 5.12. The Kier molecular flexibility index (Phi) is 7.65. The van der Waals surface area contributed by atoms with Gasteiger partial charge in [-0.3, -0.25) is 0 Å². The summed E-state index contributed by atoms with van der Waals surface area (Å²) >= 11 is 0. The molecule has 0 aromatic heterocycles. The van der Waals surface area contributed by atoms with Gasteiger partial charge >= 0.3 is 12.1 Å². The number of rotatable bonds is 6. The van der Waals surface area contributed by atoms with Crippen LogP contribution in [0, 0.1) is 6.92 Å². The van der Waals surface area contributed by atoms with Crippen LogP contribution in [0.3, 0.4) is 0 Å². The highest BCUT2D eigenvalue weighted by Crippen LogP contribution is 2.37. The zero-order chi connectivity index (χ0) is 22.5. The second-order valence-electron chi connectivity index (χ2n) is 8.35. The summed E-state index contributed by atoms with van der Waals surface area (Å²) in [4.78, 5) is 26.9. The molecular formula is C25H33NO4. The highest BCUT2D eigenvalue weighted by atomic mass is 16.6. The number of hydrogen-bond acceptors (Lipinski definition) is 4. The molecule has 2 rings (SSSR count). The van der Waals surface area contributed by atoms with Gasteiger partial charge in [-0.15, -0.1) is 0 Å². The van der Waals surface area contributed by atoms with E-state index < -0.39 is 12.1 Å². The molecule has 0 aliphatic heterocycles. The summed E-state index contributed by atoms with van der Waals surface area (Å²) in [6, 6.07) is 11.1. The van der Waals surface area contributed by atoms with Crippen molar-refractivity contribution < 1.29 is 19.1 Å². The first kappa shape index (κ1) is 23.5. The maximum atomic E-state index is 12.8. The van der Waals surface area contributed by atoms with Crippen molar-refractivity contribution in [3.05, 3.63) is 58.7 Å². The third kappa shape index (κ3) is 5.62. The van der Waals surface area contributed by atoms with E-state index in [1.807, 2.05) is 39.0 Å². The van der Waals surface area contributed by atoms with E-state index in [0.29, 0.717) is 18.7 Å². The van der Waals surface area contributed by atoms with Crippen LogP contribution in [-0.4, -0.2) is 30.1 Å². The van der Waals surface area contributed by atoms with Crippen molar-refractivity contribution in [2.75, 3.05) is 13.1 Å². The van der Waals surface area contributed by atoms with Gasteiger partial charge < -0.3 is 14.4 Å². The molecule has 1 amide bonds. The van der Waals surface area contributed by atoms with Gasteiger partial charge in [0.15, 0.2) is 11.5 Å². The number of ether oxygens (including phenoxy) is 2. The van der Waals surface area contributed by atoms with E-state index in [2.05, 4.69) is 27.7 Å². The Labute approximate surface area is 180 Å². The minimum absolute atomic E-state index is 0.153. The molecule has 0 radical (unpaired) electrons. The maximum absolute atomic E-state index is 12.8. The van der Waals surface area contributed by atoms with Gasteiger partial charge in [-0.1, -0.05) is 45.9 Å². The largest absolute Gasteiger partial charge is 0.419 e. The molecule has 30 heavy (non-hydrogen) atoms. The van der Waals surface area contributed by atoms with Gasteiger partial charge in [-0.25, -0.2) is 9.59 Å². The molecule has 0 bridgehead atoms. The van der Waals surface area contributed by atoms with Crippen LogP contribution in [0.4, 0.5) is 4.79 Å². The molecule has 0 aliphatic rings. The molecule has 0 aliphatic carbocycles. The molecule has 0 atom stereocenters. The van der Waals surface area contributed by atoms with Crippen molar-refractivity contribution in [1.82, 2.24) is 4.90 Å². The quantitative estimate of drug-likeness (QED) is 0.438. The molecule has 5 heteroatoms. The minimum atomic E-state index is -0.482. The lowest BCUT2D eigenvalue weighted by atomic mass is 9.86. The van der Waals surface area contributed by atoms with Crippen LogP contribution < -0.4 is 9.47 Å². The number of benzene rings is 2. The van der Waals surface area contributed by atoms with E-state index in [-0.39, 0.29) is 16.9 Å². The minimum Gasteiger partial charge on any atom is -0.419 e. The van der Waals surface area contributed by atoms with Crippen LogP contribution in [0.25, 0.3) is 0 Å². The average Bonchev–Trinajstić information content (AvgIpc) is 2.70. The third-order valence-electron chi connectivity index (χ3n) is 5.12. The Balaban J connectivity index is 2.42. The molecule has 5 nitrogen and oxygen atoms in total. The predicted molar refractivity (Wildman–Crippen MR) is 120 cm³/mol. The zero-order valence-corrected chi connectivity index (χ0v) is 19.2. The first-order valence-corrected chi connectivity index (χ1v) is 10.5. The lowest BCUT2D eigenvalue weighted by molar-refractivity contribution is 0.0726. The normalized spacial score (nSPS) is 11.2. The van der Waals surface area contributed by atoms with Crippen molar-refractivity contribution in [2.24, 2.45) is 0 Å². The van der Waals surface area contributed by atoms with E-state index in [1.54, 1.807) is 23.1 Å². The van der Waals surface area contributed by atoms with E-state index in [1.165, 1.54) is 0 Å². The van der Waals surface area contributed by atoms with E-state index >= 15 is 0 Å². The average molecular weight is 412 g/mol. The molecule has 0 heterocycles. The van der Waals surface area contributed by atoms with Gasteiger partial charge in [-0.05, 0) is 67.5 Å². The lowest BCUT2D eigenvalue weighted by Crippen LogP contribution is -2.33. The molecule has 0 spiro atoms. The summed E-state index contributed by atoms with van der Waals surface area (Å²) < 4.78 is 11.4. The monoisotopic (exact) mass is 411 g/mol. The summed E-state index contributed by atoms with van der Waals surface area (Å²) in [5.41, 5.74) is 3.18. The van der Waals surface area contributed by atoms with Crippen molar-refractivity contribution in [2.45, 2.75) is 60.3 Å². The summed E-state index contributed by atoms with van der Waals surface area (Å²) in [5.74, 6) is 0.0489. The Bertz CT molecular complexity index is 891. The van der Waals surface area contributed by atoms with Crippen LogP contribution in [-0.2, 0) is 11.8 Å². The van der Waals surface area contributed by atoms with Gasteiger partial charge in [0.25, 0.3) is 0 Å². The zero-order valence-electron chi connectivity index (χ0n) is 19.2. The van der Waals surface area contributed by atoms with Crippen LogP contribution in [0.5, 0.6) is 11.5 Å². The van der Waals surface area contributed by atoms with Gasteiger partial charge in [-0.2, -0.15) is 0 Å². The Morgan fingerprint density at radius 1 is 0.933 bits per heavy atom. The summed E-state index contributed by atoms with van der Waals surface area (Å²) in [7, 11) is 0. The Hall–Kier alpha value is -2.82. The van der Waals surface area contributed by atoms with Crippen molar-refractivity contribution in [3.8, 4) is 11.5 Å². The van der Waals surface area contributed by atoms with Crippen molar-refractivity contribution >= 4 is 12.1 Å². The standard InChI is InChI=1S/C25H33NO4/c1-8-18-11-13-19(14-12-18)23(27)30-22-17(4)15-20(25(5,6)7)16-21(22)29-24(28)26(9-2)10-3/h11-16H,8-10H2,1-7H3. The van der Waals surface area contributed by atoms with Crippen LogP contribution in [0.1, 0.15) is 68.6 Å². The van der Waals surface area contributed by atoms with Crippen molar-refractivity contribution in [1.29, 1.82) is 0 Å². The number of aryl methyl sites for hydroxylation is 2. The second kappa shape index (κ2) is 9.79. The fourth-order valence-corrected chi connectivity index (χ4v) is 3.05. The van der Waals surface area contributed by atoms with Gasteiger partial charge in [0.2, 0.25) is 0 Å². The van der Waals surface area contributed by atoms with E-state index in [0.717, 1.165) is 23.1 Å².